The minimum absolute atomic E-state index is 0.0711. The van der Waals surface area contributed by atoms with Crippen molar-refractivity contribution in [3.05, 3.63) is 106 Å². The van der Waals surface area contributed by atoms with Crippen LogP contribution in [0.2, 0.25) is 5.02 Å². The first-order valence-corrected chi connectivity index (χ1v) is 16.1. The molecule has 11 nitrogen and oxygen atoms in total. The molecule has 0 saturated carbocycles. The van der Waals surface area contributed by atoms with Crippen LogP contribution in [0.25, 0.3) is 16.6 Å². The Kier molecular flexibility index (Phi) is 11.3. The number of carbonyl (C=O) groups excluding carboxylic acids is 2. The molecule has 2 heterocycles. The number of piperazine rings is 1. The van der Waals surface area contributed by atoms with Gasteiger partial charge in [0, 0.05) is 56.2 Å². The van der Waals surface area contributed by atoms with Gasteiger partial charge >= 0.3 is 0 Å². The van der Waals surface area contributed by atoms with Crippen molar-refractivity contribution >= 4 is 40.9 Å². The smallest absolute Gasteiger partial charge is 0.266 e. The highest BCUT2D eigenvalue weighted by molar-refractivity contribution is 6.30. The zero-order valence-electron chi connectivity index (χ0n) is 27.3. The van der Waals surface area contributed by atoms with Crippen molar-refractivity contribution < 1.29 is 19.1 Å². The third kappa shape index (κ3) is 8.47. The van der Waals surface area contributed by atoms with Crippen LogP contribution >= 0.6 is 11.6 Å². The van der Waals surface area contributed by atoms with Gasteiger partial charge in [0.2, 0.25) is 0 Å². The molecule has 5 rings (SSSR count). The molecule has 12 heteroatoms. The van der Waals surface area contributed by atoms with E-state index < -0.39 is 0 Å². The van der Waals surface area contributed by atoms with Crippen LogP contribution in [0, 0.1) is 0 Å². The van der Waals surface area contributed by atoms with Gasteiger partial charge in [-0.25, -0.2) is 4.98 Å². The summed E-state index contributed by atoms with van der Waals surface area (Å²) in [6, 6.07) is 19.2. The van der Waals surface area contributed by atoms with Crippen molar-refractivity contribution in [1.29, 1.82) is 0 Å². The number of amides is 1. The van der Waals surface area contributed by atoms with Gasteiger partial charge in [-0.05, 0) is 75.2 Å². The van der Waals surface area contributed by atoms with Crippen LogP contribution in [0.15, 0.2) is 88.9 Å². The van der Waals surface area contributed by atoms with E-state index in [9.17, 15) is 14.4 Å². The maximum atomic E-state index is 14.2. The van der Waals surface area contributed by atoms with Gasteiger partial charge in [-0.3, -0.25) is 28.8 Å². The van der Waals surface area contributed by atoms with Crippen LogP contribution < -0.4 is 15.0 Å². The number of aliphatic imine (C=N–C) groups is 1. The molecule has 0 aliphatic carbocycles. The number of nitrogens with zero attached hydrogens (tertiary/aromatic N) is 6. The largest absolute Gasteiger partial charge is 0.489 e. The number of para-hydroxylation sites is 1. The Hall–Kier alpha value is -5.00. The number of carbonyl (C=O) groups is 2. The Morgan fingerprint density at radius 2 is 1.79 bits per heavy atom. The van der Waals surface area contributed by atoms with Gasteiger partial charge in [-0.2, -0.15) is 0 Å². The number of likely N-dealkylation sites (N-methyl/N-ethyl adjacent to an activating group) is 1. The second-order valence-electron chi connectivity index (χ2n) is 11.8. The lowest BCUT2D eigenvalue weighted by atomic mass is 10.1. The molecule has 3 aromatic carbocycles. The molecular weight excluding hydrogens is 632 g/mol. The van der Waals surface area contributed by atoms with E-state index in [1.54, 1.807) is 82.2 Å². The first kappa shape index (κ1) is 34.3. The Morgan fingerprint density at radius 3 is 2.50 bits per heavy atom. The van der Waals surface area contributed by atoms with E-state index in [4.69, 9.17) is 26.1 Å². The lowest BCUT2D eigenvalue weighted by Gasteiger charge is -2.34. The van der Waals surface area contributed by atoms with Gasteiger partial charge in [-0.15, -0.1) is 0 Å². The summed E-state index contributed by atoms with van der Waals surface area (Å²) in [4.78, 5) is 54.7. The first-order chi connectivity index (χ1) is 23.1. The van der Waals surface area contributed by atoms with Gasteiger partial charge in [0.1, 0.15) is 17.3 Å². The van der Waals surface area contributed by atoms with E-state index in [0.29, 0.717) is 77.2 Å². The summed E-state index contributed by atoms with van der Waals surface area (Å²) >= 11 is 5.94. The third-order valence-corrected chi connectivity index (χ3v) is 8.07. The normalized spacial score (nSPS) is 13.6. The summed E-state index contributed by atoms with van der Waals surface area (Å²) in [7, 11) is 1.77. The number of rotatable bonds is 13. The summed E-state index contributed by atoms with van der Waals surface area (Å²) in [5.41, 5.74) is 1.17. The standard InChI is InChI=1S/C36H39ClN6O5/c1-25(2)48-33-14-9-26(32(44)22-40(4)16-15-38-3)21-31(33)43-34(39-30-8-6-5-7-29(30)36(43)46)23-41-17-19-42(20-18-41)35(45)24-47-28-12-10-27(37)11-13-28/h5-16,21,25H,3,17-20,22-24H2,1-2,4H3/b16-15-. The predicted molar refractivity (Wildman–Crippen MR) is 188 cm³/mol. The van der Waals surface area contributed by atoms with Crippen molar-refractivity contribution in [2.45, 2.75) is 26.5 Å². The molecule has 1 fully saturated rings. The lowest BCUT2D eigenvalue weighted by Crippen LogP contribution is -2.50. The number of Topliss-reactive ketones (excluding diaryl/α,β-unsaturated/α-hetero) is 1. The molecule has 48 heavy (non-hydrogen) atoms. The van der Waals surface area contributed by atoms with E-state index in [2.05, 4.69) is 16.6 Å². The van der Waals surface area contributed by atoms with E-state index >= 15 is 0 Å². The minimum atomic E-state index is -0.265. The molecule has 1 amide bonds. The van der Waals surface area contributed by atoms with Gasteiger partial charge in [0.05, 0.1) is 35.8 Å². The zero-order chi connectivity index (χ0) is 34.2. The number of hydrogen-bond donors (Lipinski definition) is 0. The molecule has 1 aromatic heterocycles. The van der Waals surface area contributed by atoms with Crippen LogP contribution in [0.5, 0.6) is 11.5 Å². The molecule has 0 unspecified atom stereocenters. The Morgan fingerprint density at radius 1 is 1.06 bits per heavy atom. The van der Waals surface area contributed by atoms with Crippen molar-refractivity contribution in [1.82, 2.24) is 24.3 Å². The maximum Gasteiger partial charge on any atom is 0.266 e. The second kappa shape index (κ2) is 15.7. The maximum absolute atomic E-state index is 14.2. The minimum Gasteiger partial charge on any atom is -0.489 e. The summed E-state index contributed by atoms with van der Waals surface area (Å²) in [5, 5.41) is 1.05. The molecule has 0 atom stereocenters. The molecule has 0 bridgehead atoms. The van der Waals surface area contributed by atoms with Crippen LogP contribution in [0.4, 0.5) is 0 Å². The van der Waals surface area contributed by atoms with Crippen LogP contribution in [-0.2, 0) is 11.3 Å². The average Bonchev–Trinajstić information content (AvgIpc) is 3.07. The van der Waals surface area contributed by atoms with Crippen molar-refractivity contribution in [2.24, 2.45) is 4.99 Å². The molecule has 1 aliphatic rings. The summed E-state index contributed by atoms with van der Waals surface area (Å²) < 4.78 is 13.4. The van der Waals surface area contributed by atoms with Gasteiger partial charge in [0.15, 0.2) is 12.4 Å². The third-order valence-electron chi connectivity index (χ3n) is 7.82. The van der Waals surface area contributed by atoms with Gasteiger partial charge < -0.3 is 19.3 Å². The topological polar surface area (TPSA) is 110 Å². The fraction of sp³-hybridized carbons (Fsp3) is 0.306. The number of ether oxygens (including phenoxy) is 2. The zero-order valence-corrected chi connectivity index (χ0v) is 28.1. The molecule has 1 aliphatic heterocycles. The molecule has 0 radical (unpaired) electrons. The summed E-state index contributed by atoms with van der Waals surface area (Å²) in [6.07, 6.45) is 2.99. The highest BCUT2D eigenvalue weighted by Gasteiger charge is 2.25. The monoisotopic (exact) mass is 670 g/mol. The Bertz CT molecular complexity index is 1870. The van der Waals surface area contributed by atoms with Gasteiger partial charge in [-0.1, -0.05) is 23.7 Å². The molecule has 4 aromatic rings. The number of halogens is 1. The molecule has 0 spiro atoms. The van der Waals surface area contributed by atoms with Crippen molar-refractivity contribution in [2.75, 3.05) is 46.4 Å². The van der Waals surface area contributed by atoms with Crippen molar-refractivity contribution in [3.8, 4) is 17.2 Å². The van der Waals surface area contributed by atoms with Crippen LogP contribution in [0.1, 0.15) is 30.0 Å². The van der Waals surface area contributed by atoms with Crippen molar-refractivity contribution in [3.63, 3.8) is 0 Å². The van der Waals surface area contributed by atoms with E-state index in [-0.39, 0.29) is 36.5 Å². The average molecular weight is 671 g/mol. The summed E-state index contributed by atoms with van der Waals surface area (Å²) in [6.45, 7) is 9.74. The van der Waals surface area contributed by atoms with Crippen LogP contribution in [-0.4, -0.2) is 95.1 Å². The molecule has 1 saturated heterocycles. The SMILES string of the molecule is C=N/C=C\N(C)CC(=O)c1ccc(OC(C)C)c(-n2c(CN3CCN(C(=O)COc4ccc(Cl)cc4)CC3)nc3ccccc3c2=O)c1. The molecular formula is C36H39ClN6O5. The van der Waals surface area contributed by atoms with Crippen LogP contribution in [0.3, 0.4) is 0 Å². The Labute approximate surface area is 284 Å². The Balaban J connectivity index is 1.42. The molecule has 0 N–H and O–H groups in total. The molecule has 250 valence electrons. The quantitative estimate of drug-likeness (QED) is 0.147. The van der Waals surface area contributed by atoms with Gasteiger partial charge in [0.25, 0.3) is 11.5 Å². The summed E-state index contributed by atoms with van der Waals surface area (Å²) in [5.74, 6) is 1.28. The fourth-order valence-corrected chi connectivity index (χ4v) is 5.53. The van der Waals surface area contributed by atoms with E-state index in [0.717, 1.165) is 0 Å². The van der Waals surface area contributed by atoms with E-state index in [1.165, 1.54) is 6.20 Å². The fourth-order valence-electron chi connectivity index (χ4n) is 5.41. The lowest BCUT2D eigenvalue weighted by molar-refractivity contribution is -0.135. The number of benzene rings is 3. The second-order valence-corrected chi connectivity index (χ2v) is 12.2. The van der Waals surface area contributed by atoms with E-state index in [1.807, 2.05) is 26.0 Å². The first-order valence-electron chi connectivity index (χ1n) is 15.7. The number of hydrogen-bond acceptors (Lipinski definition) is 9. The predicted octanol–water partition coefficient (Wildman–Crippen LogP) is 4.84. The number of ketones is 1. The number of fused-ring (bicyclic) bond motifs is 1. The number of aromatic nitrogens is 2. The highest BCUT2D eigenvalue weighted by Crippen LogP contribution is 2.27. The highest BCUT2D eigenvalue weighted by atomic mass is 35.5.